The van der Waals surface area contributed by atoms with Gasteiger partial charge in [-0.15, -0.1) is 0 Å². The molecular weight excluding hydrogens is 222 g/mol. The molecule has 1 aromatic rings. The highest BCUT2D eigenvalue weighted by molar-refractivity contribution is 5.79. The lowest BCUT2D eigenvalue weighted by Gasteiger charge is -2.42. The van der Waals surface area contributed by atoms with Crippen molar-refractivity contribution >= 4 is 5.91 Å². The number of quaternary nitrogens is 1. The fourth-order valence-corrected chi connectivity index (χ4v) is 2.54. The number of carbonyl (C=O) groups is 1. The van der Waals surface area contributed by atoms with Crippen LogP contribution in [0.2, 0.25) is 0 Å². The molecule has 17 heavy (non-hydrogen) atoms. The zero-order chi connectivity index (χ0) is 12.5. The first-order chi connectivity index (χ1) is 8.03. The second-order valence-corrected chi connectivity index (χ2v) is 4.89. The number of aliphatic hydroxyl groups excluding tert-OH is 1. The van der Waals surface area contributed by atoms with Crippen LogP contribution in [0.3, 0.4) is 0 Å². The Morgan fingerprint density at radius 1 is 1.65 bits per heavy atom. The second kappa shape index (κ2) is 4.46. The lowest BCUT2D eigenvalue weighted by molar-refractivity contribution is -0.935. The molecule has 1 aliphatic heterocycles. The molecule has 1 unspecified atom stereocenters. The van der Waals surface area contributed by atoms with Gasteiger partial charge in [-0.25, -0.2) is 0 Å². The highest BCUT2D eigenvalue weighted by Gasteiger charge is 2.42. The Hall–Kier alpha value is -1.40. The first kappa shape index (κ1) is 12.1. The third kappa shape index (κ3) is 2.32. The number of likely N-dealkylation sites (tertiary alicyclic amines) is 1. The molecule has 1 saturated heterocycles. The molecular formula is C11H18N3O3+. The van der Waals surface area contributed by atoms with Crippen molar-refractivity contribution in [1.82, 2.24) is 5.16 Å². The second-order valence-electron chi connectivity index (χ2n) is 4.89. The van der Waals surface area contributed by atoms with Gasteiger partial charge in [-0.05, 0) is 0 Å². The van der Waals surface area contributed by atoms with Crippen molar-refractivity contribution in [1.29, 1.82) is 0 Å². The van der Waals surface area contributed by atoms with Crippen molar-refractivity contribution in [3.8, 4) is 0 Å². The number of rotatable bonds is 3. The van der Waals surface area contributed by atoms with Crippen molar-refractivity contribution in [2.45, 2.75) is 25.0 Å². The molecule has 1 aliphatic rings. The fourth-order valence-electron chi connectivity index (χ4n) is 2.54. The summed E-state index contributed by atoms with van der Waals surface area (Å²) in [5.41, 5.74) is 6.05. The van der Waals surface area contributed by atoms with E-state index >= 15 is 0 Å². The highest BCUT2D eigenvalue weighted by atomic mass is 16.5. The number of primary amides is 1. The summed E-state index contributed by atoms with van der Waals surface area (Å²) in [6.45, 7) is 1.42. The van der Waals surface area contributed by atoms with Crippen molar-refractivity contribution in [3.63, 3.8) is 0 Å². The quantitative estimate of drug-likeness (QED) is 0.716. The topological polar surface area (TPSA) is 89.4 Å². The molecule has 2 heterocycles. The van der Waals surface area contributed by atoms with Gasteiger partial charge in [0.1, 0.15) is 6.26 Å². The predicted molar refractivity (Wildman–Crippen MR) is 59.6 cm³/mol. The molecule has 3 N–H and O–H groups in total. The Balaban J connectivity index is 2.25. The van der Waals surface area contributed by atoms with E-state index in [2.05, 4.69) is 5.16 Å². The Kier molecular flexibility index (Phi) is 3.17. The number of hydrogen-bond acceptors (Lipinski definition) is 4. The van der Waals surface area contributed by atoms with Crippen LogP contribution in [-0.4, -0.2) is 46.9 Å². The minimum atomic E-state index is -0.499. The van der Waals surface area contributed by atoms with E-state index in [0.717, 1.165) is 0 Å². The molecule has 0 spiro atoms. The van der Waals surface area contributed by atoms with E-state index in [-0.39, 0.29) is 6.10 Å². The van der Waals surface area contributed by atoms with Crippen LogP contribution < -0.4 is 5.73 Å². The first-order valence-electron chi connectivity index (χ1n) is 5.75. The smallest absolute Gasteiger partial charge is 0.282 e. The molecule has 2 rings (SSSR count). The third-order valence-corrected chi connectivity index (χ3v) is 3.58. The number of hydrogen-bond donors (Lipinski definition) is 2. The summed E-state index contributed by atoms with van der Waals surface area (Å²) in [5.74, 6) is -0.405. The van der Waals surface area contributed by atoms with Crippen LogP contribution in [-0.2, 0) is 4.79 Å². The van der Waals surface area contributed by atoms with Crippen LogP contribution in [0.1, 0.15) is 24.6 Å². The molecule has 1 fully saturated rings. The van der Waals surface area contributed by atoms with Gasteiger partial charge in [-0.1, -0.05) is 5.16 Å². The largest absolute Gasteiger partial charge is 0.393 e. The molecule has 0 aliphatic carbocycles. The number of piperidine rings is 1. The van der Waals surface area contributed by atoms with Gasteiger partial charge < -0.3 is 19.8 Å². The van der Waals surface area contributed by atoms with Crippen molar-refractivity contribution < 1.29 is 18.9 Å². The molecule has 0 aromatic carbocycles. The van der Waals surface area contributed by atoms with Gasteiger partial charge in [-0.3, -0.25) is 4.79 Å². The monoisotopic (exact) mass is 240 g/mol. The number of nitrogens with zero attached hydrogens (tertiary/aromatic N) is 2. The highest BCUT2D eigenvalue weighted by Crippen LogP contribution is 2.30. The number of aromatic nitrogens is 1. The maximum absolute atomic E-state index is 11.6. The molecule has 0 saturated carbocycles. The molecule has 0 radical (unpaired) electrons. The van der Waals surface area contributed by atoms with E-state index in [1.54, 1.807) is 6.07 Å². The molecule has 0 bridgehead atoms. The summed E-state index contributed by atoms with van der Waals surface area (Å²) >= 11 is 0. The summed E-state index contributed by atoms with van der Waals surface area (Å²) in [7, 11) is 1.97. The van der Waals surface area contributed by atoms with Crippen LogP contribution in [0.4, 0.5) is 0 Å². The maximum atomic E-state index is 11.6. The molecule has 1 aromatic heterocycles. The Morgan fingerprint density at radius 2 is 2.29 bits per heavy atom. The number of nitrogens with two attached hydrogens (primary N) is 1. The van der Waals surface area contributed by atoms with E-state index in [1.165, 1.54) is 6.26 Å². The standard InChI is InChI=1S/C11H17N3O3/c1-14(5-2-8(15)3-6-14)10(11(12)16)9-4-7-17-13-9/h4,7-8,10,15H,2-3,5-6H2,1H3,(H-,12,16)/p+1. The van der Waals surface area contributed by atoms with Gasteiger partial charge in [0.15, 0.2) is 5.69 Å². The summed E-state index contributed by atoms with van der Waals surface area (Å²) < 4.78 is 5.27. The molecule has 94 valence electrons. The van der Waals surface area contributed by atoms with Gasteiger partial charge in [-0.2, -0.15) is 0 Å². The number of likely N-dealkylation sites (N-methyl/N-ethyl adjacent to an activating group) is 1. The number of carbonyl (C=O) groups excluding carboxylic acids is 1. The molecule has 1 atom stereocenters. The minimum Gasteiger partial charge on any atom is -0.393 e. The van der Waals surface area contributed by atoms with Crippen LogP contribution in [0, 0.1) is 0 Å². The SMILES string of the molecule is C[N+]1(C(C(N)=O)c2ccon2)CCC(O)CC1. The van der Waals surface area contributed by atoms with E-state index in [1.807, 2.05) is 7.05 Å². The summed E-state index contributed by atoms with van der Waals surface area (Å²) in [6.07, 6.45) is 2.53. The molecule has 6 nitrogen and oxygen atoms in total. The Morgan fingerprint density at radius 3 is 2.76 bits per heavy atom. The van der Waals surface area contributed by atoms with Gasteiger partial charge in [0.2, 0.25) is 6.04 Å². The maximum Gasteiger partial charge on any atom is 0.282 e. The average Bonchev–Trinajstić information content (AvgIpc) is 2.76. The fraction of sp³-hybridized carbons (Fsp3) is 0.636. The predicted octanol–water partition coefficient (Wildman–Crippen LogP) is -0.198. The normalized spacial score (nSPS) is 31.1. The van der Waals surface area contributed by atoms with Gasteiger partial charge >= 0.3 is 0 Å². The van der Waals surface area contributed by atoms with Gasteiger partial charge in [0.05, 0.1) is 26.2 Å². The van der Waals surface area contributed by atoms with E-state index in [0.29, 0.717) is 36.1 Å². The zero-order valence-corrected chi connectivity index (χ0v) is 9.87. The molecule has 1 amide bonds. The molecule has 6 heteroatoms. The Bertz CT molecular complexity index is 383. The lowest BCUT2D eigenvalue weighted by Crippen LogP contribution is -2.56. The van der Waals surface area contributed by atoms with E-state index in [9.17, 15) is 9.90 Å². The zero-order valence-electron chi connectivity index (χ0n) is 9.87. The van der Waals surface area contributed by atoms with Crippen LogP contribution in [0.25, 0.3) is 0 Å². The van der Waals surface area contributed by atoms with Gasteiger partial charge in [0, 0.05) is 18.9 Å². The third-order valence-electron chi connectivity index (χ3n) is 3.58. The van der Waals surface area contributed by atoms with Crippen LogP contribution in [0.5, 0.6) is 0 Å². The minimum absolute atomic E-state index is 0.271. The van der Waals surface area contributed by atoms with E-state index in [4.69, 9.17) is 10.3 Å². The first-order valence-corrected chi connectivity index (χ1v) is 5.75. The van der Waals surface area contributed by atoms with E-state index < -0.39 is 11.9 Å². The average molecular weight is 240 g/mol. The van der Waals surface area contributed by atoms with Crippen molar-refractivity contribution in [2.75, 3.05) is 20.1 Å². The summed E-state index contributed by atoms with van der Waals surface area (Å²) in [4.78, 5) is 11.6. The number of aliphatic hydroxyl groups is 1. The van der Waals surface area contributed by atoms with Crippen molar-refractivity contribution in [3.05, 3.63) is 18.0 Å². The lowest BCUT2D eigenvalue weighted by atomic mass is 10.00. The van der Waals surface area contributed by atoms with Crippen molar-refractivity contribution in [2.24, 2.45) is 5.73 Å². The summed E-state index contributed by atoms with van der Waals surface area (Å²) in [6, 6.07) is 1.17. The summed E-state index contributed by atoms with van der Waals surface area (Å²) in [5, 5.41) is 13.4. The van der Waals surface area contributed by atoms with Crippen LogP contribution in [0.15, 0.2) is 16.9 Å². The van der Waals surface area contributed by atoms with Crippen LogP contribution >= 0.6 is 0 Å². The van der Waals surface area contributed by atoms with Gasteiger partial charge in [0.25, 0.3) is 5.91 Å². The Labute approximate surface area is 99.6 Å². The number of amides is 1.